The minimum atomic E-state index is -1.23. The molecule has 18 heavy (non-hydrogen) atoms. The maximum atomic E-state index is 11.8. The standard InChI is InChI=1S/C12H22N2O4/c1-3-12(2)4-6-14(7-5-12)11(18)13-9(8-15)10(16)17/h9,15H,3-8H2,1-2H3,(H,13,18)(H,16,17)/t9-/m1/s1. The molecule has 1 aliphatic rings. The highest BCUT2D eigenvalue weighted by molar-refractivity contribution is 5.82. The second kappa shape index (κ2) is 6.04. The number of urea groups is 1. The van der Waals surface area contributed by atoms with E-state index in [1.165, 1.54) is 0 Å². The van der Waals surface area contributed by atoms with E-state index in [0.29, 0.717) is 13.1 Å². The van der Waals surface area contributed by atoms with Crippen molar-refractivity contribution in [2.24, 2.45) is 5.41 Å². The Morgan fingerprint density at radius 1 is 1.39 bits per heavy atom. The topological polar surface area (TPSA) is 89.9 Å². The molecule has 6 heteroatoms. The van der Waals surface area contributed by atoms with Gasteiger partial charge < -0.3 is 20.4 Å². The fourth-order valence-corrected chi connectivity index (χ4v) is 2.03. The summed E-state index contributed by atoms with van der Waals surface area (Å²) >= 11 is 0. The zero-order valence-electron chi connectivity index (χ0n) is 11.0. The highest BCUT2D eigenvalue weighted by atomic mass is 16.4. The molecule has 1 rings (SSSR count). The Bertz CT molecular complexity index is 311. The Balaban J connectivity index is 2.47. The zero-order chi connectivity index (χ0) is 13.8. The molecule has 1 saturated heterocycles. The number of hydrogen-bond acceptors (Lipinski definition) is 3. The van der Waals surface area contributed by atoms with Crippen molar-refractivity contribution in [2.45, 2.75) is 39.2 Å². The van der Waals surface area contributed by atoms with Gasteiger partial charge in [-0.25, -0.2) is 9.59 Å². The maximum absolute atomic E-state index is 11.8. The molecule has 0 radical (unpaired) electrons. The quantitative estimate of drug-likeness (QED) is 0.690. The summed E-state index contributed by atoms with van der Waals surface area (Å²) in [4.78, 5) is 24.1. The zero-order valence-corrected chi connectivity index (χ0v) is 11.0. The second-order valence-corrected chi connectivity index (χ2v) is 5.17. The monoisotopic (exact) mass is 258 g/mol. The molecule has 0 saturated carbocycles. The number of rotatable bonds is 4. The summed E-state index contributed by atoms with van der Waals surface area (Å²) in [6, 6.07) is -1.63. The molecule has 0 spiro atoms. The number of carboxylic acids is 1. The molecule has 0 aromatic carbocycles. The van der Waals surface area contributed by atoms with Gasteiger partial charge >= 0.3 is 12.0 Å². The first-order valence-electron chi connectivity index (χ1n) is 6.31. The van der Waals surface area contributed by atoms with Crippen LogP contribution in [0, 0.1) is 5.41 Å². The lowest BCUT2D eigenvalue weighted by Gasteiger charge is -2.39. The van der Waals surface area contributed by atoms with Crippen molar-refractivity contribution in [3.63, 3.8) is 0 Å². The second-order valence-electron chi connectivity index (χ2n) is 5.17. The summed E-state index contributed by atoms with van der Waals surface area (Å²) in [5, 5.41) is 19.9. The van der Waals surface area contributed by atoms with E-state index in [4.69, 9.17) is 10.2 Å². The van der Waals surface area contributed by atoms with Crippen LogP contribution in [0.2, 0.25) is 0 Å². The largest absolute Gasteiger partial charge is 0.480 e. The van der Waals surface area contributed by atoms with Crippen molar-refractivity contribution < 1.29 is 19.8 Å². The number of amides is 2. The van der Waals surface area contributed by atoms with Crippen LogP contribution >= 0.6 is 0 Å². The molecule has 0 aliphatic carbocycles. The third-order valence-electron chi connectivity index (χ3n) is 3.89. The summed E-state index contributed by atoms with van der Waals surface area (Å²) in [5.74, 6) is -1.22. The highest BCUT2D eigenvalue weighted by Gasteiger charge is 2.31. The first kappa shape index (κ1) is 14.8. The fraction of sp³-hybridized carbons (Fsp3) is 0.833. The lowest BCUT2D eigenvalue weighted by atomic mass is 9.78. The molecule has 1 atom stereocenters. The third kappa shape index (κ3) is 3.60. The predicted octanol–water partition coefficient (Wildman–Crippen LogP) is 0.654. The van der Waals surface area contributed by atoms with Crippen molar-refractivity contribution in [1.82, 2.24) is 10.2 Å². The van der Waals surface area contributed by atoms with Gasteiger partial charge in [-0.1, -0.05) is 20.3 Å². The molecule has 1 aliphatic heterocycles. The van der Waals surface area contributed by atoms with Crippen LogP contribution in [0.15, 0.2) is 0 Å². The molecular weight excluding hydrogens is 236 g/mol. The minimum Gasteiger partial charge on any atom is -0.480 e. The van der Waals surface area contributed by atoms with Gasteiger partial charge in [-0.2, -0.15) is 0 Å². The molecule has 1 heterocycles. The van der Waals surface area contributed by atoms with Crippen LogP contribution in [0.25, 0.3) is 0 Å². The van der Waals surface area contributed by atoms with Crippen LogP contribution in [0.4, 0.5) is 4.79 Å². The number of carbonyl (C=O) groups excluding carboxylic acids is 1. The van der Waals surface area contributed by atoms with E-state index in [2.05, 4.69) is 19.2 Å². The smallest absolute Gasteiger partial charge is 0.328 e. The Morgan fingerprint density at radius 3 is 2.33 bits per heavy atom. The number of aliphatic carboxylic acids is 1. The summed E-state index contributed by atoms with van der Waals surface area (Å²) in [6.45, 7) is 5.02. The van der Waals surface area contributed by atoms with Crippen molar-refractivity contribution in [1.29, 1.82) is 0 Å². The van der Waals surface area contributed by atoms with E-state index >= 15 is 0 Å². The summed E-state index contributed by atoms with van der Waals surface area (Å²) < 4.78 is 0. The highest BCUT2D eigenvalue weighted by Crippen LogP contribution is 2.33. The first-order chi connectivity index (χ1) is 8.41. The van der Waals surface area contributed by atoms with Crippen LogP contribution in [0.1, 0.15) is 33.1 Å². The number of hydrogen-bond donors (Lipinski definition) is 3. The van der Waals surface area contributed by atoms with Gasteiger partial charge in [0.05, 0.1) is 6.61 Å². The lowest BCUT2D eigenvalue weighted by Crippen LogP contribution is -2.52. The molecule has 104 valence electrons. The van der Waals surface area contributed by atoms with E-state index in [9.17, 15) is 9.59 Å². The average Bonchev–Trinajstić information content (AvgIpc) is 2.36. The van der Waals surface area contributed by atoms with Crippen molar-refractivity contribution >= 4 is 12.0 Å². The Hall–Kier alpha value is -1.30. The number of carbonyl (C=O) groups is 2. The SMILES string of the molecule is CCC1(C)CCN(C(=O)N[C@H](CO)C(=O)O)CC1. The number of aliphatic hydroxyl groups excluding tert-OH is 1. The van der Waals surface area contributed by atoms with Crippen LogP contribution in [0.5, 0.6) is 0 Å². The number of likely N-dealkylation sites (tertiary alicyclic amines) is 1. The molecular formula is C12H22N2O4. The average molecular weight is 258 g/mol. The number of aliphatic hydroxyl groups is 1. The Morgan fingerprint density at radius 2 is 1.94 bits per heavy atom. The number of nitrogens with one attached hydrogen (secondary N) is 1. The van der Waals surface area contributed by atoms with Crippen molar-refractivity contribution in [3.8, 4) is 0 Å². The molecule has 3 N–H and O–H groups in total. The number of nitrogens with zero attached hydrogens (tertiary/aromatic N) is 1. The predicted molar refractivity (Wildman–Crippen MR) is 66.2 cm³/mol. The molecule has 2 amide bonds. The van der Waals surface area contributed by atoms with Crippen LogP contribution in [0.3, 0.4) is 0 Å². The van der Waals surface area contributed by atoms with Crippen molar-refractivity contribution in [2.75, 3.05) is 19.7 Å². The maximum Gasteiger partial charge on any atom is 0.328 e. The van der Waals surface area contributed by atoms with Gasteiger partial charge in [0.15, 0.2) is 6.04 Å². The van der Waals surface area contributed by atoms with E-state index < -0.39 is 24.6 Å². The van der Waals surface area contributed by atoms with Gasteiger partial charge in [0.25, 0.3) is 0 Å². The molecule has 0 bridgehead atoms. The Labute approximate surface area is 107 Å². The van der Waals surface area contributed by atoms with Gasteiger partial charge in [0, 0.05) is 13.1 Å². The van der Waals surface area contributed by atoms with Gasteiger partial charge in [-0.15, -0.1) is 0 Å². The molecule has 0 unspecified atom stereocenters. The molecule has 0 aromatic heterocycles. The van der Waals surface area contributed by atoms with E-state index in [1.807, 2.05) is 0 Å². The summed E-state index contributed by atoms with van der Waals surface area (Å²) in [5.41, 5.74) is 0.278. The molecule has 1 fully saturated rings. The van der Waals surface area contributed by atoms with Gasteiger partial charge in [0.1, 0.15) is 0 Å². The third-order valence-corrected chi connectivity index (χ3v) is 3.89. The fourth-order valence-electron chi connectivity index (χ4n) is 2.03. The Kier molecular flexibility index (Phi) is 4.95. The molecule has 6 nitrogen and oxygen atoms in total. The van der Waals surface area contributed by atoms with E-state index in [-0.39, 0.29) is 5.41 Å². The summed E-state index contributed by atoms with van der Waals surface area (Å²) in [6.07, 6.45) is 2.93. The van der Waals surface area contributed by atoms with Crippen LogP contribution in [-0.2, 0) is 4.79 Å². The van der Waals surface area contributed by atoms with Gasteiger partial charge in [-0.05, 0) is 18.3 Å². The minimum absolute atomic E-state index is 0.278. The summed E-state index contributed by atoms with van der Waals surface area (Å²) in [7, 11) is 0. The number of carboxylic acid groups (broad SMARTS) is 1. The molecule has 0 aromatic rings. The van der Waals surface area contributed by atoms with Crippen LogP contribution in [-0.4, -0.2) is 52.9 Å². The number of piperidine rings is 1. The van der Waals surface area contributed by atoms with E-state index in [0.717, 1.165) is 19.3 Å². The van der Waals surface area contributed by atoms with E-state index in [1.54, 1.807) is 4.90 Å². The lowest BCUT2D eigenvalue weighted by molar-refractivity contribution is -0.140. The normalized spacial score (nSPS) is 20.3. The van der Waals surface area contributed by atoms with Gasteiger partial charge in [-0.3, -0.25) is 0 Å². The van der Waals surface area contributed by atoms with Gasteiger partial charge in [0.2, 0.25) is 0 Å². The van der Waals surface area contributed by atoms with Crippen LogP contribution < -0.4 is 5.32 Å². The van der Waals surface area contributed by atoms with Crippen molar-refractivity contribution in [3.05, 3.63) is 0 Å². The first-order valence-corrected chi connectivity index (χ1v) is 6.31.